The molecule has 3 aromatic rings. The number of hydrogen-bond acceptors (Lipinski definition) is 8. The molecule has 9 nitrogen and oxygen atoms in total. The van der Waals surface area contributed by atoms with E-state index in [-0.39, 0.29) is 21.3 Å². The number of ether oxygens (including phenoxy) is 1. The molecular weight excluding hydrogens is 490 g/mol. The lowest BCUT2D eigenvalue weighted by molar-refractivity contribution is -0.118. The average molecular weight is 516 g/mol. The molecule has 0 saturated carbocycles. The number of pyridine rings is 1. The van der Waals surface area contributed by atoms with Crippen LogP contribution in [0.1, 0.15) is 5.56 Å². The number of nitrogens with zero attached hydrogens (tertiary/aromatic N) is 2. The molecular formula is C24H25N3O6S2. The third-order valence-electron chi connectivity index (χ3n) is 4.89. The van der Waals surface area contributed by atoms with Gasteiger partial charge in [0.1, 0.15) is 18.2 Å². The number of anilines is 1. The molecule has 0 bridgehead atoms. The van der Waals surface area contributed by atoms with Gasteiger partial charge in [-0.2, -0.15) is 8.42 Å². The number of hydrogen-bond donors (Lipinski definition) is 2. The first kappa shape index (κ1) is 26.2. The summed E-state index contributed by atoms with van der Waals surface area (Å²) in [6.07, 6.45) is 2.30. The zero-order valence-corrected chi connectivity index (χ0v) is 20.5. The third-order valence-corrected chi connectivity index (χ3v) is 6.74. The maximum Gasteiger partial charge on any atom is 0.294 e. The van der Waals surface area contributed by atoms with Crippen molar-refractivity contribution in [3.63, 3.8) is 0 Å². The Morgan fingerprint density at radius 2 is 1.71 bits per heavy atom. The van der Waals surface area contributed by atoms with E-state index in [1.165, 1.54) is 12.1 Å². The second-order valence-corrected chi connectivity index (χ2v) is 10.1. The number of carbonyl (C=O) groups is 2. The van der Waals surface area contributed by atoms with E-state index in [1.54, 1.807) is 24.4 Å². The lowest BCUT2D eigenvalue weighted by atomic mass is 10.1. The largest absolute Gasteiger partial charge is 0.492 e. The van der Waals surface area contributed by atoms with Crippen LogP contribution in [0.25, 0.3) is 0 Å². The van der Waals surface area contributed by atoms with Crippen molar-refractivity contribution < 1.29 is 27.3 Å². The maximum atomic E-state index is 11.6. The van der Waals surface area contributed by atoms with Gasteiger partial charge in [0, 0.05) is 13.2 Å². The smallest absolute Gasteiger partial charge is 0.294 e. The summed E-state index contributed by atoms with van der Waals surface area (Å²) in [4.78, 5) is 29.0. The first-order valence-electron chi connectivity index (χ1n) is 10.6. The molecule has 1 unspecified atom stereocenters. The van der Waals surface area contributed by atoms with Crippen LogP contribution in [0.15, 0.2) is 83.9 Å². The van der Waals surface area contributed by atoms with Crippen LogP contribution in [0.3, 0.4) is 0 Å². The van der Waals surface area contributed by atoms with Crippen LogP contribution in [0.5, 0.6) is 5.75 Å². The molecule has 2 amide bonds. The first-order valence-corrected chi connectivity index (χ1v) is 12.9. The molecule has 0 spiro atoms. The van der Waals surface area contributed by atoms with Crippen molar-refractivity contribution in [2.75, 3.05) is 25.1 Å². The van der Waals surface area contributed by atoms with Crippen molar-refractivity contribution in [2.24, 2.45) is 0 Å². The van der Waals surface area contributed by atoms with E-state index >= 15 is 0 Å². The highest BCUT2D eigenvalue weighted by atomic mass is 32.2. The summed E-state index contributed by atoms with van der Waals surface area (Å²) in [6.45, 7) is 1.27. The number of aromatic nitrogens is 1. The Morgan fingerprint density at radius 3 is 2.26 bits per heavy atom. The van der Waals surface area contributed by atoms with Crippen LogP contribution in [-0.4, -0.2) is 54.6 Å². The fourth-order valence-electron chi connectivity index (χ4n) is 3.05. The zero-order chi connectivity index (χ0) is 25.3. The fourth-order valence-corrected chi connectivity index (χ4v) is 4.41. The topological polar surface area (TPSA) is 126 Å². The Bertz CT molecular complexity index is 1220. The highest BCUT2D eigenvalue weighted by molar-refractivity contribution is 8.15. The van der Waals surface area contributed by atoms with Gasteiger partial charge in [0.2, 0.25) is 5.91 Å². The molecule has 1 atom stereocenters. The Labute approximate surface area is 208 Å². The van der Waals surface area contributed by atoms with Crippen molar-refractivity contribution in [1.82, 2.24) is 10.3 Å². The van der Waals surface area contributed by atoms with E-state index in [0.29, 0.717) is 13.0 Å². The van der Waals surface area contributed by atoms with E-state index in [2.05, 4.69) is 10.3 Å². The highest BCUT2D eigenvalue weighted by Crippen LogP contribution is 2.24. The van der Waals surface area contributed by atoms with Gasteiger partial charge >= 0.3 is 0 Å². The Morgan fingerprint density at radius 1 is 1.03 bits per heavy atom. The van der Waals surface area contributed by atoms with E-state index in [0.717, 1.165) is 35.4 Å². The molecule has 11 heteroatoms. The minimum Gasteiger partial charge on any atom is -0.492 e. The Hall–Kier alpha value is -3.41. The maximum absolute atomic E-state index is 11.6. The van der Waals surface area contributed by atoms with Gasteiger partial charge in [-0.15, -0.1) is 0 Å². The number of carbonyl (C=O) groups excluding carboxylic acids is 2. The number of amides is 2. The predicted molar refractivity (Wildman–Crippen MR) is 134 cm³/mol. The number of benzene rings is 2. The van der Waals surface area contributed by atoms with Gasteiger partial charge in [-0.05, 0) is 48.4 Å². The molecule has 1 aliphatic rings. The van der Waals surface area contributed by atoms with Crippen molar-refractivity contribution in [3.8, 4) is 5.75 Å². The van der Waals surface area contributed by atoms with Crippen molar-refractivity contribution in [2.45, 2.75) is 16.6 Å². The number of nitrogens with one attached hydrogen (secondary N) is 1. The molecule has 184 valence electrons. The van der Waals surface area contributed by atoms with Gasteiger partial charge < -0.3 is 9.64 Å². The summed E-state index contributed by atoms with van der Waals surface area (Å²) < 4.78 is 35.0. The molecule has 1 aromatic heterocycles. The standard InChI is InChI=1S/C18H19N3O3S.C6H6O3S/c1-21(16-4-2-3-9-19-16)10-11-24-14-7-5-13(6-8-14)12-15-17(22)20-18(23)25-15;7-10(8,9)6-4-2-1-3-5-6/h2-9,15H,10-12H2,1H3,(H,20,22,23);1-5H,(H,7,8,9). The molecule has 2 aromatic carbocycles. The van der Waals surface area contributed by atoms with E-state index < -0.39 is 10.1 Å². The zero-order valence-electron chi connectivity index (χ0n) is 18.9. The van der Waals surface area contributed by atoms with Gasteiger partial charge in [-0.25, -0.2) is 4.98 Å². The fraction of sp³-hybridized carbons (Fsp3) is 0.208. The third kappa shape index (κ3) is 8.39. The van der Waals surface area contributed by atoms with Crippen LogP contribution in [0.4, 0.5) is 10.6 Å². The summed E-state index contributed by atoms with van der Waals surface area (Å²) in [7, 11) is -2.03. The molecule has 35 heavy (non-hydrogen) atoms. The molecule has 1 fully saturated rings. The second-order valence-electron chi connectivity index (χ2n) is 7.48. The molecule has 0 radical (unpaired) electrons. The minimum atomic E-state index is -4.00. The summed E-state index contributed by atoms with van der Waals surface area (Å²) in [6, 6.07) is 20.8. The van der Waals surface area contributed by atoms with Crippen LogP contribution in [0, 0.1) is 0 Å². The summed E-state index contributed by atoms with van der Waals surface area (Å²) in [5.74, 6) is 1.47. The highest BCUT2D eigenvalue weighted by Gasteiger charge is 2.31. The Kier molecular flexibility index (Phi) is 9.24. The molecule has 4 rings (SSSR count). The van der Waals surface area contributed by atoms with E-state index in [1.807, 2.05) is 54.4 Å². The lowest BCUT2D eigenvalue weighted by Gasteiger charge is -2.18. The molecule has 2 heterocycles. The second kappa shape index (κ2) is 12.3. The van der Waals surface area contributed by atoms with Crippen molar-refractivity contribution in [1.29, 1.82) is 0 Å². The summed E-state index contributed by atoms with van der Waals surface area (Å²) >= 11 is 1.05. The monoisotopic (exact) mass is 515 g/mol. The number of imide groups is 1. The van der Waals surface area contributed by atoms with Gasteiger partial charge in [0.25, 0.3) is 15.4 Å². The van der Waals surface area contributed by atoms with Crippen LogP contribution >= 0.6 is 11.8 Å². The molecule has 1 aliphatic heterocycles. The minimum absolute atomic E-state index is 0.0741. The van der Waals surface area contributed by atoms with E-state index in [4.69, 9.17) is 9.29 Å². The summed E-state index contributed by atoms with van der Waals surface area (Å²) in [5, 5.41) is 1.69. The van der Waals surface area contributed by atoms with Gasteiger partial charge in [-0.3, -0.25) is 19.5 Å². The predicted octanol–water partition coefficient (Wildman–Crippen LogP) is 3.42. The molecule has 2 N–H and O–H groups in total. The normalized spacial score (nSPS) is 15.1. The Balaban J connectivity index is 0.000000287. The van der Waals surface area contributed by atoms with Gasteiger partial charge in [0.05, 0.1) is 16.7 Å². The molecule has 0 aliphatic carbocycles. The van der Waals surface area contributed by atoms with Gasteiger partial charge in [0.15, 0.2) is 0 Å². The SMILES string of the molecule is CN(CCOc1ccc(CC2SC(=O)NC2=O)cc1)c1ccccn1.O=S(=O)(O)c1ccccc1. The van der Waals surface area contributed by atoms with Crippen LogP contribution < -0.4 is 15.0 Å². The van der Waals surface area contributed by atoms with Crippen LogP contribution in [-0.2, 0) is 21.3 Å². The number of likely N-dealkylation sites (N-methyl/N-ethyl adjacent to an activating group) is 1. The quantitative estimate of drug-likeness (QED) is 0.434. The van der Waals surface area contributed by atoms with Crippen LogP contribution in [0.2, 0.25) is 0 Å². The number of rotatable bonds is 8. The lowest BCUT2D eigenvalue weighted by Crippen LogP contribution is -2.25. The summed E-state index contributed by atoms with van der Waals surface area (Å²) in [5.41, 5.74) is 1.00. The van der Waals surface area contributed by atoms with Gasteiger partial charge in [-0.1, -0.05) is 48.2 Å². The molecule has 1 saturated heterocycles. The van der Waals surface area contributed by atoms with E-state index in [9.17, 15) is 18.0 Å². The first-order chi connectivity index (χ1) is 16.7. The van der Waals surface area contributed by atoms with Crippen molar-refractivity contribution >= 4 is 38.8 Å². The van der Waals surface area contributed by atoms with Crippen molar-refractivity contribution in [3.05, 3.63) is 84.6 Å². The average Bonchev–Trinajstić information content (AvgIpc) is 3.17. The number of thioether (sulfide) groups is 1.